The summed E-state index contributed by atoms with van der Waals surface area (Å²) in [5.41, 5.74) is 4.24. The van der Waals surface area contributed by atoms with Gasteiger partial charge in [-0.25, -0.2) is 4.79 Å². The van der Waals surface area contributed by atoms with Gasteiger partial charge in [-0.05, 0) is 50.1 Å². The third-order valence-electron chi connectivity index (χ3n) is 3.47. The molecule has 0 aliphatic carbocycles. The lowest BCUT2D eigenvalue weighted by atomic mass is 10.1. The van der Waals surface area contributed by atoms with Crippen molar-refractivity contribution in [1.29, 1.82) is 0 Å². The first-order valence-electron chi connectivity index (χ1n) is 7.07. The molecule has 0 unspecified atom stereocenters. The monoisotopic (exact) mass is 297 g/mol. The molecule has 0 aliphatic rings. The Morgan fingerprint density at radius 1 is 1.05 bits per heavy atom. The molecule has 0 fully saturated rings. The SMILES string of the molecule is Cc1cccc(C(=O)OCC(=O)Nc2cccc(C)c2C)c1. The second-order valence-electron chi connectivity index (χ2n) is 5.24. The number of hydrogen-bond acceptors (Lipinski definition) is 3. The summed E-state index contributed by atoms with van der Waals surface area (Å²) in [6.07, 6.45) is 0. The van der Waals surface area contributed by atoms with Crippen LogP contribution in [-0.2, 0) is 9.53 Å². The second-order valence-corrected chi connectivity index (χ2v) is 5.24. The van der Waals surface area contributed by atoms with Crippen molar-refractivity contribution in [2.75, 3.05) is 11.9 Å². The Hall–Kier alpha value is -2.62. The van der Waals surface area contributed by atoms with Gasteiger partial charge in [-0.15, -0.1) is 0 Å². The fourth-order valence-electron chi connectivity index (χ4n) is 2.06. The molecule has 0 heterocycles. The fourth-order valence-corrected chi connectivity index (χ4v) is 2.06. The van der Waals surface area contributed by atoms with Crippen LogP contribution in [0.15, 0.2) is 42.5 Å². The van der Waals surface area contributed by atoms with Gasteiger partial charge in [-0.2, -0.15) is 0 Å². The Bertz CT molecular complexity index is 707. The zero-order chi connectivity index (χ0) is 16.1. The van der Waals surface area contributed by atoms with Crippen molar-refractivity contribution in [1.82, 2.24) is 0 Å². The van der Waals surface area contributed by atoms with Crippen LogP contribution in [0.5, 0.6) is 0 Å². The summed E-state index contributed by atoms with van der Waals surface area (Å²) in [5.74, 6) is -0.852. The zero-order valence-electron chi connectivity index (χ0n) is 13.0. The maximum Gasteiger partial charge on any atom is 0.338 e. The van der Waals surface area contributed by atoms with Gasteiger partial charge in [0.2, 0.25) is 0 Å². The van der Waals surface area contributed by atoms with E-state index in [0.29, 0.717) is 5.56 Å². The van der Waals surface area contributed by atoms with Gasteiger partial charge in [0.25, 0.3) is 5.91 Å². The quantitative estimate of drug-likeness (QED) is 0.880. The smallest absolute Gasteiger partial charge is 0.338 e. The second kappa shape index (κ2) is 6.89. The Morgan fingerprint density at radius 3 is 2.50 bits per heavy atom. The molecule has 0 aliphatic heterocycles. The first-order valence-corrected chi connectivity index (χ1v) is 7.07. The number of amides is 1. The number of aryl methyl sites for hydroxylation is 2. The van der Waals surface area contributed by atoms with Crippen LogP contribution in [0.2, 0.25) is 0 Å². The molecule has 0 aromatic heterocycles. The topological polar surface area (TPSA) is 55.4 Å². The highest BCUT2D eigenvalue weighted by Crippen LogP contribution is 2.17. The molecule has 4 heteroatoms. The Labute approximate surface area is 130 Å². The van der Waals surface area contributed by atoms with Gasteiger partial charge in [0.1, 0.15) is 0 Å². The number of hydrogen-bond donors (Lipinski definition) is 1. The number of ether oxygens (including phenoxy) is 1. The molecule has 4 nitrogen and oxygen atoms in total. The number of nitrogens with one attached hydrogen (secondary N) is 1. The van der Waals surface area contributed by atoms with Crippen molar-refractivity contribution >= 4 is 17.6 Å². The number of benzene rings is 2. The van der Waals surface area contributed by atoms with E-state index in [1.54, 1.807) is 18.2 Å². The van der Waals surface area contributed by atoms with Gasteiger partial charge in [0, 0.05) is 5.69 Å². The maximum atomic E-state index is 11.9. The Balaban J connectivity index is 1.93. The van der Waals surface area contributed by atoms with Gasteiger partial charge in [0.05, 0.1) is 5.56 Å². The summed E-state index contributed by atoms with van der Waals surface area (Å²) in [5, 5.41) is 2.75. The first kappa shape index (κ1) is 15.8. The zero-order valence-corrected chi connectivity index (χ0v) is 13.0. The van der Waals surface area contributed by atoms with E-state index in [2.05, 4.69) is 5.32 Å². The van der Waals surface area contributed by atoms with E-state index < -0.39 is 5.97 Å². The molecule has 2 rings (SSSR count). The number of rotatable bonds is 4. The average molecular weight is 297 g/mol. The maximum absolute atomic E-state index is 11.9. The fraction of sp³-hybridized carbons (Fsp3) is 0.222. The molecule has 0 radical (unpaired) electrons. The number of carbonyl (C=O) groups excluding carboxylic acids is 2. The van der Waals surface area contributed by atoms with E-state index in [-0.39, 0.29) is 12.5 Å². The first-order chi connectivity index (χ1) is 10.5. The third kappa shape index (κ3) is 3.95. The highest BCUT2D eigenvalue weighted by atomic mass is 16.5. The highest BCUT2D eigenvalue weighted by molar-refractivity contribution is 5.96. The lowest BCUT2D eigenvalue weighted by Crippen LogP contribution is -2.21. The van der Waals surface area contributed by atoms with Crippen molar-refractivity contribution < 1.29 is 14.3 Å². The standard InChI is InChI=1S/C18H19NO3/c1-12-6-4-8-15(10-12)18(21)22-11-17(20)19-16-9-5-7-13(2)14(16)3/h4-10H,11H2,1-3H3,(H,19,20). The largest absolute Gasteiger partial charge is 0.452 e. The van der Waals surface area contributed by atoms with Crippen molar-refractivity contribution in [3.8, 4) is 0 Å². The minimum atomic E-state index is -0.500. The van der Waals surface area contributed by atoms with Crippen molar-refractivity contribution in [3.63, 3.8) is 0 Å². The molecule has 0 spiro atoms. The lowest BCUT2D eigenvalue weighted by Gasteiger charge is -2.10. The highest BCUT2D eigenvalue weighted by Gasteiger charge is 2.11. The third-order valence-corrected chi connectivity index (χ3v) is 3.47. The number of anilines is 1. The van der Waals surface area contributed by atoms with Gasteiger partial charge in [-0.3, -0.25) is 4.79 Å². The average Bonchev–Trinajstić information content (AvgIpc) is 2.49. The summed E-state index contributed by atoms with van der Waals surface area (Å²) >= 11 is 0. The molecule has 0 bridgehead atoms. The van der Waals surface area contributed by atoms with Crippen LogP contribution in [0.1, 0.15) is 27.0 Å². The van der Waals surface area contributed by atoms with Crippen LogP contribution in [0, 0.1) is 20.8 Å². The van der Waals surface area contributed by atoms with E-state index >= 15 is 0 Å². The van der Waals surface area contributed by atoms with Crippen LogP contribution in [-0.4, -0.2) is 18.5 Å². The van der Waals surface area contributed by atoms with Crippen molar-refractivity contribution in [2.45, 2.75) is 20.8 Å². The summed E-state index contributed by atoms with van der Waals surface area (Å²) in [4.78, 5) is 23.8. The molecule has 114 valence electrons. The normalized spacial score (nSPS) is 10.1. The van der Waals surface area contributed by atoms with E-state index in [9.17, 15) is 9.59 Å². The summed E-state index contributed by atoms with van der Waals surface area (Å²) < 4.78 is 5.04. The molecule has 0 saturated heterocycles. The van der Waals surface area contributed by atoms with Gasteiger partial charge in [-0.1, -0.05) is 29.8 Å². The summed E-state index contributed by atoms with van der Waals surface area (Å²) in [6.45, 7) is 5.50. The predicted octanol–water partition coefficient (Wildman–Crippen LogP) is 3.41. The van der Waals surface area contributed by atoms with Crippen LogP contribution >= 0.6 is 0 Å². The number of carbonyl (C=O) groups is 2. The Morgan fingerprint density at radius 2 is 1.77 bits per heavy atom. The molecule has 0 saturated carbocycles. The number of esters is 1. The van der Waals surface area contributed by atoms with E-state index in [1.165, 1.54) is 0 Å². The molecule has 22 heavy (non-hydrogen) atoms. The van der Waals surface area contributed by atoms with Crippen LogP contribution in [0.3, 0.4) is 0 Å². The molecule has 1 N–H and O–H groups in total. The van der Waals surface area contributed by atoms with E-state index in [4.69, 9.17) is 4.74 Å². The lowest BCUT2D eigenvalue weighted by molar-refractivity contribution is -0.119. The molecular weight excluding hydrogens is 278 g/mol. The van der Waals surface area contributed by atoms with Gasteiger partial charge in [0.15, 0.2) is 6.61 Å². The summed E-state index contributed by atoms with van der Waals surface area (Å²) in [7, 11) is 0. The molecule has 1 amide bonds. The molecule has 2 aromatic rings. The van der Waals surface area contributed by atoms with Crippen LogP contribution in [0.4, 0.5) is 5.69 Å². The molecule has 0 atom stereocenters. The molecule has 2 aromatic carbocycles. The van der Waals surface area contributed by atoms with Crippen LogP contribution < -0.4 is 5.32 Å². The Kier molecular flexibility index (Phi) is 4.94. The van der Waals surface area contributed by atoms with E-state index in [0.717, 1.165) is 22.4 Å². The van der Waals surface area contributed by atoms with E-state index in [1.807, 2.05) is 45.0 Å². The van der Waals surface area contributed by atoms with Gasteiger partial charge < -0.3 is 10.1 Å². The predicted molar refractivity (Wildman–Crippen MR) is 86.0 cm³/mol. The van der Waals surface area contributed by atoms with Crippen molar-refractivity contribution in [3.05, 3.63) is 64.7 Å². The van der Waals surface area contributed by atoms with Gasteiger partial charge >= 0.3 is 5.97 Å². The molecular formula is C18H19NO3. The minimum Gasteiger partial charge on any atom is -0.452 e. The van der Waals surface area contributed by atoms with Crippen LogP contribution in [0.25, 0.3) is 0 Å². The minimum absolute atomic E-state index is 0.305. The summed E-state index contributed by atoms with van der Waals surface area (Å²) in [6, 6.07) is 12.7. The van der Waals surface area contributed by atoms with Crippen molar-refractivity contribution in [2.24, 2.45) is 0 Å².